The third kappa shape index (κ3) is 4.11. The Labute approximate surface area is 145 Å². The van der Waals surface area contributed by atoms with Gasteiger partial charge in [-0.3, -0.25) is 4.79 Å². The van der Waals surface area contributed by atoms with Gasteiger partial charge in [-0.15, -0.1) is 0 Å². The van der Waals surface area contributed by atoms with Crippen LogP contribution in [0.15, 0.2) is 36.4 Å². The number of rotatable bonds is 5. The van der Waals surface area contributed by atoms with Crippen LogP contribution in [0.4, 0.5) is 11.4 Å². The van der Waals surface area contributed by atoms with Gasteiger partial charge >= 0.3 is 0 Å². The molecule has 0 aromatic heterocycles. The number of amides is 1. The Balaban J connectivity index is 1.49. The molecule has 5 nitrogen and oxygen atoms in total. The predicted octanol–water partition coefficient (Wildman–Crippen LogP) is 3.86. The van der Waals surface area contributed by atoms with Crippen LogP contribution < -0.4 is 20.1 Å². The zero-order chi connectivity index (χ0) is 16.9. The van der Waals surface area contributed by atoms with E-state index in [2.05, 4.69) is 10.6 Å². The fourth-order valence-corrected chi connectivity index (χ4v) is 2.55. The van der Waals surface area contributed by atoms with Gasteiger partial charge in [-0.25, -0.2) is 0 Å². The number of carbonyl (C=O) groups excluding carboxylic acids is 1. The van der Waals surface area contributed by atoms with Gasteiger partial charge in [0.25, 0.3) is 0 Å². The molecule has 2 aromatic rings. The highest BCUT2D eigenvalue weighted by Crippen LogP contribution is 2.32. The molecule has 1 amide bonds. The SMILES string of the molecule is Cc1ccc(NC(=O)CCNc2ccc3c(c2)OCCO3)cc1Cl. The lowest BCUT2D eigenvalue weighted by atomic mass is 10.2. The fraction of sp³-hybridized carbons (Fsp3) is 0.278. The first-order valence-electron chi connectivity index (χ1n) is 7.81. The van der Waals surface area contributed by atoms with Gasteiger partial charge < -0.3 is 20.1 Å². The molecule has 0 unspecified atom stereocenters. The van der Waals surface area contributed by atoms with Crippen molar-refractivity contribution in [2.24, 2.45) is 0 Å². The molecule has 126 valence electrons. The molecule has 0 saturated heterocycles. The molecule has 0 aliphatic carbocycles. The van der Waals surface area contributed by atoms with Crippen LogP contribution in [0, 0.1) is 6.92 Å². The van der Waals surface area contributed by atoms with Gasteiger partial charge in [0.15, 0.2) is 11.5 Å². The molecule has 2 aromatic carbocycles. The lowest BCUT2D eigenvalue weighted by Crippen LogP contribution is -2.17. The smallest absolute Gasteiger partial charge is 0.226 e. The van der Waals surface area contributed by atoms with Gasteiger partial charge in [-0.05, 0) is 36.8 Å². The van der Waals surface area contributed by atoms with E-state index in [0.29, 0.717) is 36.9 Å². The third-order valence-corrected chi connectivity index (χ3v) is 4.09. The maximum Gasteiger partial charge on any atom is 0.226 e. The first kappa shape index (κ1) is 16.5. The Kier molecular flexibility index (Phi) is 5.11. The summed E-state index contributed by atoms with van der Waals surface area (Å²) in [5.41, 5.74) is 2.58. The molecule has 0 atom stereocenters. The van der Waals surface area contributed by atoms with Crippen molar-refractivity contribution in [2.45, 2.75) is 13.3 Å². The summed E-state index contributed by atoms with van der Waals surface area (Å²) in [5.74, 6) is 1.41. The van der Waals surface area contributed by atoms with Gasteiger partial charge in [-0.1, -0.05) is 17.7 Å². The molecular weight excluding hydrogens is 328 g/mol. The van der Waals surface area contributed by atoms with Crippen LogP contribution in [-0.2, 0) is 4.79 Å². The van der Waals surface area contributed by atoms with Crippen molar-refractivity contribution in [3.63, 3.8) is 0 Å². The number of fused-ring (bicyclic) bond motifs is 1. The zero-order valence-electron chi connectivity index (χ0n) is 13.4. The topological polar surface area (TPSA) is 59.6 Å². The van der Waals surface area contributed by atoms with E-state index < -0.39 is 0 Å². The van der Waals surface area contributed by atoms with Gasteiger partial charge in [0.05, 0.1) is 0 Å². The molecule has 6 heteroatoms. The minimum atomic E-state index is -0.0695. The molecule has 2 N–H and O–H groups in total. The Hall–Kier alpha value is -2.40. The third-order valence-electron chi connectivity index (χ3n) is 3.68. The first-order chi connectivity index (χ1) is 11.6. The van der Waals surface area contributed by atoms with E-state index in [-0.39, 0.29) is 5.91 Å². The van der Waals surface area contributed by atoms with E-state index in [1.165, 1.54) is 0 Å². The summed E-state index contributed by atoms with van der Waals surface area (Å²) in [6.45, 7) is 3.57. The maximum absolute atomic E-state index is 12.0. The molecule has 1 aliphatic heterocycles. The number of hydrogen-bond donors (Lipinski definition) is 2. The van der Waals surface area contributed by atoms with Gasteiger partial charge in [0.1, 0.15) is 13.2 Å². The number of ether oxygens (including phenoxy) is 2. The second kappa shape index (κ2) is 7.45. The molecule has 0 radical (unpaired) electrons. The molecule has 3 rings (SSSR count). The summed E-state index contributed by atoms with van der Waals surface area (Å²) in [4.78, 5) is 12.0. The Bertz CT molecular complexity index is 749. The van der Waals surface area contributed by atoms with Crippen LogP contribution >= 0.6 is 11.6 Å². The van der Waals surface area contributed by atoms with E-state index in [9.17, 15) is 4.79 Å². The molecule has 0 saturated carbocycles. The van der Waals surface area contributed by atoms with Crippen molar-refractivity contribution in [2.75, 3.05) is 30.4 Å². The van der Waals surface area contributed by atoms with Crippen LogP contribution in [0.1, 0.15) is 12.0 Å². The van der Waals surface area contributed by atoms with E-state index in [1.807, 2.05) is 37.3 Å². The molecule has 1 aliphatic rings. The maximum atomic E-state index is 12.0. The number of anilines is 2. The normalized spacial score (nSPS) is 12.6. The lowest BCUT2D eigenvalue weighted by molar-refractivity contribution is -0.115. The highest BCUT2D eigenvalue weighted by molar-refractivity contribution is 6.31. The Morgan fingerprint density at radius 3 is 2.62 bits per heavy atom. The quantitative estimate of drug-likeness (QED) is 0.863. The molecule has 1 heterocycles. The number of halogens is 1. The largest absolute Gasteiger partial charge is 0.486 e. The van der Waals surface area contributed by atoms with Crippen LogP contribution in [-0.4, -0.2) is 25.7 Å². The number of carbonyl (C=O) groups is 1. The first-order valence-corrected chi connectivity index (χ1v) is 8.19. The fourth-order valence-electron chi connectivity index (χ4n) is 2.37. The molecule has 0 spiro atoms. The van der Waals surface area contributed by atoms with Crippen LogP contribution in [0.3, 0.4) is 0 Å². The average Bonchev–Trinajstić information content (AvgIpc) is 2.58. The summed E-state index contributed by atoms with van der Waals surface area (Å²) in [6.07, 6.45) is 0.347. The van der Waals surface area contributed by atoms with Crippen molar-refractivity contribution >= 4 is 28.9 Å². The van der Waals surface area contributed by atoms with E-state index >= 15 is 0 Å². The van der Waals surface area contributed by atoms with Crippen LogP contribution in [0.25, 0.3) is 0 Å². The monoisotopic (exact) mass is 346 g/mol. The summed E-state index contributed by atoms with van der Waals surface area (Å²) in [7, 11) is 0. The van der Waals surface area contributed by atoms with Gasteiger partial charge in [0.2, 0.25) is 5.91 Å². The zero-order valence-corrected chi connectivity index (χ0v) is 14.2. The molecule has 24 heavy (non-hydrogen) atoms. The van der Waals surface area contributed by atoms with Gasteiger partial charge in [0, 0.05) is 35.4 Å². The van der Waals surface area contributed by atoms with Gasteiger partial charge in [-0.2, -0.15) is 0 Å². The summed E-state index contributed by atoms with van der Waals surface area (Å²) >= 11 is 6.05. The average molecular weight is 347 g/mol. The highest BCUT2D eigenvalue weighted by Gasteiger charge is 2.11. The van der Waals surface area contributed by atoms with Crippen molar-refractivity contribution in [3.05, 3.63) is 47.0 Å². The van der Waals surface area contributed by atoms with Crippen molar-refractivity contribution in [1.29, 1.82) is 0 Å². The molecule has 0 fully saturated rings. The van der Waals surface area contributed by atoms with Crippen molar-refractivity contribution in [3.8, 4) is 11.5 Å². The lowest BCUT2D eigenvalue weighted by Gasteiger charge is -2.19. The van der Waals surface area contributed by atoms with E-state index in [4.69, 9.17) is 21.1 Å². The van der Waals surface area contributed by atoms with Crippen molar-refractivity contribution < 1.29 is 14.3 Å². The Morgan fingerprint density at radius 2 is 1.83 bits per heavy atom. The summed E-state index contributed by atoms with van der Waals surface area (Å²) in [6, 6.07) is 11.1. The van der Waals surface area contributed by atoms with E-state index in [1.54, 1.807) is 6.07 Å². The Morgan fingerprint density at radius 1 is 1.08 bits per heavy atom. The number of benzene rings is 2. The predicted molar refractivity (Wildman–Crippen MR) is 95.4 cm³/mol. The van der Waals surface area contributed by atoms with Crippen molar-refractivity contribution in [1.82, 2.24) is 0 Å². The minimum Gasteiger partial charge on any atom is -0.486 e. The second-order valence-electron chi connectivity index (χ2n) is 5.55. The van der Waals surface area contributed by atoms with Crippen LogP contribution in [0.5, 0.6) is 11.5 Å². The number of nitrogens with one attached hydrogen (secondary N) is 2. The number of aryl methyl sites for hydroxylation is 1. The highest BCUT2D eigenvalue weighted by atomic mass is 35.5. The standard InChI is InChI=1S/C18H19ClN2O3/c1-12-2-3-14(10-15(12)19)21-18(22)6-7-20-13-4-5-16-17(11-13)24-9-8-23-16/h2-5,10-11,20H,6-9H2,1H3,(H,21,22). The van der Waals surface area contributed by atoms with E-state index in [0.717, 1.165) is 22.7 Å². The molecule has 0 bridgehead atoms. The summed E-state index contributed by atoms with van der Waals surface area (Å²) in [5, 5.41) is 6.69. The second-order valence-corrected chi connectivity index (χ2v) is 5.95. The molecular formula is C18H19ClN2O3. The summed E-state index contributed by atoms with van der Waals surface area (Å²) < 4.78 is 11.0. The van der Waals surface area contributed by atoms with Crippen LogP contribution in [0.2, 0.25) is 5.02 Å². The number of hydrogen-bond acceptors (Lipinski definition) is 4. The minimum absolute atomic E-state index is 0.0695.